The van der Waals surface area contributed by atoms with E-state index in [4.69, 9.17) is 5.26 Å². The molecule has 1 aliphatic rings. The number of rotatable bonds is 1. The smallest absolute Gasteiger partial charge is 0.0940 e. The van der Waals surface area contributed by atoms with Gasteiger partial charge >= 0.3 is 0 Å². The van der Waals surface area contributed by atoms with Crippen LogP contribution in [-0.4, -0.2) is 0 Å². The predicted molar refractivity (Wildman–Crippen MR) is 45.8 cm³/mol. The number of nitrogens with zero attached hydrogens (tertiary/aromatic N) is 1. The zero-order valence-electron chi connectivity index (χ0n) is 7.68. The van der Waals surface area contributed by atoms with Crippen molar-refractivity contribution in [3.8, 4) is 6.07 Å². The second kappa shape index (κ2) is 2.37. The Balaban J connectivity index is 2.65. The molecule has 1 rings (SSSR count). The molecule has 1 nitrogen and oxygen atoms in total. The predicted octanol–water partition coefficient (Wildman–Crippen LogP) is 2.75. The van der Waals surface area contributed by atoms with E-state index in [0.717, 1.165) is 11.5 Å². The number of allylic oxidation sites excluding steroid dienone is 2. The van der Waals surface area contributed by atoms with Gasteiger partial charge in [0.1, 0.15) is 0 Å². The van der Waals surface area contributed by atoms with Gasteiger partial charge in [-0.1, -0.05) is 26.8 Å². The minimum atomic E-state index is 0.429. The summed E-state index contributed by atoms with van der Waals surface area (Å²) in [5.41, 5.74) is 1.28. The molecule has 1 fully saturated rings. The molecule has 0 aromatic heterocycles. The minimum Gasteiger partial charge on any atom is -0.193 e. The third-order valence-electron chi connectivity index (χ3n) is 3.07. The van der Waals surface area contributed by atoms with Gasteiger partial charge in [-0.3, -0.25) is 0 Å². The first kappa shape index (κ1) is 8.33. The van der Waals surface area contributed by atoms with E-state index < -0.39 is 0 Å². The van der Waals surface area contributed by atoms with Crippen LogP contribution in [0.3, 0.4) is 0 Å². The van der Waals surface area contributed by atoms with Gasteiger partial charge in [0.2, 0.25) is 0 Å². The Kier molecular flexibility index (Phi) is 1.80. The topological polar surface area (TPSA) is 23.8 Å². The van der Waals surface area contributed by atoms with E-state index in [1.807, 2.05) is 6.92 Å². The molecule has 0 aromatic carbocycles. The highest BCUT2D eigenvalue weighted by molar-refractivity contribution is 5.24. The first-order valence-electron chi connectivity index (χ1n) is 4.08. The Morgan fingerprint density at radius 2 is 2.00 bits per heavy atom. The normalized spacial score (nSPS) is 34.6. The summed E-state index contributed by atoms with van der Waals surface area (Å²) in [7, 11) is 0. The molecule has 1 aliphatic carbocycles. The van der Waals surface area contributed by atoms with Crippen LogP contribution >= 0.6 is 0 Å². The molecule has 60 valence electrons. The van der Waals surface area contributed by atoms with Crippen LogP contribution in [0.15, 0.2) is 11.6 Å². The lowest BCUT2D eigenvalue weighted by molar-refractivity contribution is 0.570. The lowest BCUT2D eigenvalue weighted by Crippen LogP contribution is -1.87. The van der Waals surface area contributed by atoms with Crippen LogP contribution in [-0.2, 0) is 0 Å². The molecule has 11 heavy (non-hydrogen) atoms. The Morgan fingerprint density at radius 3 is 2.27 bits per heavy atom. The van der Waals surface area contributed by atoms with E-state index in [-0.39, 0.29) is 0 Å². The first-order chi connectivity index (χ1) is 5.00. The Bertz CT molecular complexity index is 230. The fourth-order valence-electron chi connectivity index (χ4n) is 1.61. The molecular formula is C10H15N. The van der Waals surface area contributed by atoms with Crippen LogP contribution in [0.2, 0.25) is 0 Å². The largest absolute Gasteiger partial charge is 0.193 e. The third kappa shape index (κ3) is 1.30. The lowest BCUT2D eigenvalue weighted by atomic mass is 10.1. The van der Waals surface area contributed by atoms with E-state index in [1.54, 1.807) is 0 Å². The number of nitriles is 1. The van der Waals surface area contributed by atoms with Gasteiger partial charge in [0.25, 0.3) is 0 Å². The quantitative estimate of drug-likeness (QED) is 0.526. The molecule has 0 spiro atoms. The van der Waals surface area contributed by atoms with Crippen molar-refractivity contribution in [2.24, 2.45) is 17.3 Å². The molecule has 0 amide bonds. The second-order valence-corrected chi connectivity index (χ2v) is 4.10. The second-order valence-electron chi connectivity index (χ2n) is 4.10. The highest BCUT2D eigenvalue weighted by Gasteiger charge is 2.52. The highest BCUT2D eigenvalue weighted by atomic mass is 14.6. The molecule has 0 unspecified atom stereocenters. The first-order valence-corrected chi connectivity index (χ1v) is 4.08. The highest BCUT2D eigenvalue weighted by Crippen LogP contribution is 2.58. The SMILES string of the molecule is C/C(C#N)=C\[C@@H]1[C@@H](C)C1(C)C. The summed E-state index contributed by atoms with van der Waals surface area (Å²) in [5.74, 6) is 1.37. The van der Waals surface area contributed by atoms with E-state index >= 15 is 0 Å². The van der Waals surface area contributed by atoms with Gasteiger partial charge in [0, 0.05) is 5.57 Å². The van der Waals surface area contributed by atoms with Crippen LogP contribution in [0, 0.1) is 28.6 Å². The maximum Gasteiger partial charge on any atom is 0.0940 e. The molecule has 0 aromatic rings. The van der Waals surface area contributed by atoms with Gasteiger partial charge in [-0.05, 0) is 24.2 Å². The van der Waals surface area contributed by atoms with Crippen molar-refractivity contribution in [2.45, 2.75) is 27.7 Å². The molecule has 0 aliphatic heterocycles. The summed E-state index contributed by atoms with van der Waals surface area (Å²) < 4.78 is 0. The van der Waals surface area contributed by atoms with Crippen molar-refractivity contribution in [2.75, 3.05) is 0 Å². The fraction of sp³-hybridized carbons (Fsp3) is 0.700. The molecular weight excluding hydrogens is 134 g/mol. The Hall–Kier alpha value is -0.770. The van der Waals surface area contributed by atoms with Crippen LogP contribution in [0.5, 0.6) is 0 Å². The summed E-state index contributed by atoms with van der Waals surface area (Å²) in [6.07, 6.45) is 2.10. The van der Waals surface area contributed by atoms with Crippen LogP contribution in [0.25, 0.3) is 0 Å². The summed E-state index contributed by atoms with van der Waals surface area (Å²) >= 11 is 0. The maximum absolute atomic E-state index is 8.55. The van der Waals surface area contributed by atoms with E-state index in [0.29, 0.717) is 11.3 Å². The van der Waals surface area contributed by atoms with Crippen LogP contribution in [0.4, 0.5) is 0 Å². The van der Waals surface area contributed by atoms with Crippen molar-refractivity contribution in [1.82, 2.24) is 0 Å². The van der Waals surface area contributed by atoms with Gasteiger partial charge in [-0.25, -0.2) is 0 Å². The van der Waals surface area contributed by atoms with Crippen molar-refractivity contribution >= 4 is 0 Å². The summed E-state index contributed by atoms with van der Waals surface area (Å²) in [6, 6.07) is 2.16. The number of hydrogen-bond acceptors (Lipinski definition) is 1. The summed E-state index contributed by atoms with van der Waals surface area (Å²) in [5, 5.41) is 8.55. The molecule has 0 bridgehead atoms. The zero-order chi connectivity index (χ0) is 8.65. The van der Waals surface area contributed by atoms with Gasteiger partial charge in [-0.2, -0.15) is 5.26 Å². The molecule has 1 saturated carbocycles. The van der Waals surface area contributed by atoms with E-state index in [9.17, 15) is 0 Å². The van der Waals surface area contributed by atoms with Gasteiger partial charge < -0.3 is 0 Å². The average molecular weight is 149 g/mol. The van der Waals surface area contributed by atoms with Gasteiger partial charge in [-0.15, -0.1) is 0 Å². The molecule has 0 saturated heterocycles. The van der Waals surface area contributed by atoms with Crippen molar-refractivity contribution in [1.29, 1.82) is 5.26 Å². The summed E-state index contributed by atoms with van der Waals surface area (Å²) in [6.45, 7) is 8.62. The maximum atomic E-state index is 8.55. The van der Waals surface area contributed by atoms with Crippen LogP contribution < -0.4 is 0 Å². The van der Waals surface area contributed by atoms with Crippen molar-refractivity contribution in [3.63, 3.8) is 0 Å². The lowest BCUT2D eigenvalue weighted by Gasteiger charge is -1.96. The number of hydrogen-bond donors (Lipinski definition) is 0. The van der Waals surface area contributed by atoms with Crippen LogP contribution in [0.1, 0.15) is 27.7 Å². The third-order valence-corrected chi connectivity index (χ3v) is 3.07. The fourth-order valence-corrected chi connectivity index (χ4v) is 1.61. The Labute approximate surface area is 68.7 Å². The molecule has 1 heteroatoms. The molecule has 0 radical (unpaired) electrons. The van der Waals surface area contributed by atoms with Gasteiger partial charge in [0.05, 0.1) is 6.07 Å². The summed E-state index contributed by atoms with van der Waals surface area (Å²) in [4.78, 5) is 0. The van der Waals surface area contributed by atoms with Crippen molar-refractivity contribution in [3.05, 3.63) is 11.6 Å². The minimum absolute atomic E-state index is 0.429. The molecule has 2 atom stereocenters. The Morgan fingerprint density at radius 1 is 1.55 bits per heavy atom. The molecule has 0 heterocycles. The van der Waals surface area contributed by atoms with Gasteiger partial charge in [0.15, 0.2) is 0 Å². The van der Waals surface area contributed by atoms with E-state index in [1.165, 1.54) is 0 Å². The zero-order valence-corrected chi connectivity index (χ0v) is 7.68. The van der Waals surface area contributed by atoms with Crippen molar-refractivity contribution < 1.29 is 0 Å². The average Bonchev–Trinajstić information content (AvgIpc) is 2.39. The van der Waals surface area contributed by atoms with E-state index in [2.05, 4.69) is 32.9 Å². The molecule has 0 N–H and O–H groups in total. The monoisotopic (exact) mass is 149 g/mol. The standard InChI is InChI=1S/C10H15N/c1-7(6-11)5-9-8(2)10(9,3)4/h5,8-9H,1-4H3/b7-5+/t8-,9-/m1/s1.